The van der Waals surface area contributed by atoms with Gasteiger partial charge in [-0.1, -0.05) is 12.8 Å². The van der Waals surface area contributed by atoms with Crippen molar-refractivity contribution in [2.75, 3.05) is 19.7 Å². The maximum absolute atomic E-state index is 12.7. The zero-order chi connectivity index (χ0) is 18.7. The predicted octanol–water partition coefficient (Wildman–Crippen LogP) is 1.45. The van der Waals surface area contributed by atoms with Crippen molar-refractivity contribution < 1.29 is 9.53 Å². The first-order valence-corrected chi connectivity index (χ1v) is 9.59. The summed E-state index contributed by atoms with van der Waals surface area (Å²) in [5, 5.41) is 3.18. The highest BCUT2D eigenvalue weighted by molar-refractivity contribution is 5.92. The van der Waals surface area contributed by atoms with Gasteiger partial charge in [0.25, 0.3) is 5.91 Å². The molecule has 4 rings (SSSR count). The quantitative estimate of drug-likeness (QED) is 0.846. The van der Waals surface area contributed by atoms with Crippen LogP contribution in [0.5, 0.6) is 0 Å². The zero-order valence-electron chi connectivity index (χ0n) is 15.6. The van der Waals surface area contributed by atoms with Crippen LogP contribution < -0.4 is 5.32 Å². The molecule has 2 N–H and O–H groups in total. The van der Waals surface area contributed by atoms with Crippen LogP contribution in [0.1, 0.15) is 47.7 Å². The molecule has 2 atom stereocenters. The third-order valence-electron chi connectivity index (χ3n) is 5.51. The van der Waals surface area contributed by atoms with Crippen LogP contribution in [-0.4, -0.2) is 62.1 Å². The van der Waals surface area contributed by atoms with Gasteiger partial charge in [-0.25, -0.2) is 9.97 Å². The van der Waals surface area contributed by atoms with Gasteiger partial charge in [0.1, 0.15) is 17.1 Å². The minimum atomic E-state index is -0.350. The Labute approximate surface area is 158 Å². The van der Waals surface area contributed by atoms with Crippen molar-refractivity contribution in [2.24, 2.45) is 0 Å². The molecule has 0 unspecified atom stereocenters. The van der Waals surface area contributed by atoms with Crippen LogP contribution in [-0.2, 0) is 11.3 Å². The van der Waals surface area contributed by atoms with E-state index in [1.807, 2.05) is 13.1 Å². The van der Waals surface area contributed by atoms with Gasteiger partial charge in [-0.2, -0.15) is 0 Å². The number of H-pyrrole nitrogens is 1. The molecule has 2 aromatic rings. The standard InChI is InChI=1S/C19H26N6O2/c1-14-10-23-15(11-22-14)18(26)24-16-4-2-3-5-19(16)13-25(8-9-27-19)12-17-20-6-7-21-17/h6-7,10-11,16H,2-5,8-9,12-13H2,1H3,(H,20,21)(H,24,26)/t16-,19+/m0/s1. The molecule has 1 amide bonds. The highest BCUT2D eigenvalue weighted by Crippen LogP contribution is 2.35. The van der Waals surface area contributed by atoms with Gasteiger partial charge in [0.15, 0.2) is 0 Å². The number of ether oxygens (including phenoxy) is 1. The van der Waals surface area contributed by atoms with Crippen LogP contribution in [0.4, 0.5) is 0 Å². The zero-order valence-corrected chi connectivity index (χ0v) is 15.6. The average molecular weight is 370 g/mol. The summed E-state index contributed by atoms with van der Waals surface area (Å²) in [5.41, 5.74) is 0.797. The first kappa shape index (κ1) is 18.1. The number of carbonyl (C=O) groups is 1. The Morgan fingerprint density at radius 1 is 1.37 bits per heavy atom. The number of carbonyl (C=O) groups excluding carboxylic acids is 1. The minimum absolute atomic E-state index is 0.0266. The number of rotatable bonds is 4. The molecule has 27 heavy (non-hydrogen) atoms. The van der Waals surface area contributed by atoms with E-state index in [1.165, 1.54) is 6.20 Å². The second-order valence-electron chi connectivity index (χ2n) is 7.47. The molecule has 0 radical (unpaired) electrons. The molecule has 2 aromatic heterocycles. The third kappa shape index (κ3) is 4.01. The Morgan fingerprint density at radius 2 is 2.30 bits per heavy atom. The fraction of sp³-hybridized carbons (Fsp3) is 0.579. The Bertz CT molecular complexity index is 759. The number of nitrogens with one attached hydrogen (secondary N) is 2. The molecule has 8 heteroatoms. The molecule has 144 valence electrons. The summed E-state index contributed by atoms with van der Waals surface area (Å²) in [5.74, 6) is 0.777. The summed E-state index contributed by atoms with van der Waals surface area (Å²) in [6, 6.07) is -0.0266. The van der Waals surface area contributed by atoms with Gasteiger partial charge in [0, 0.05) is 31.7 Å². The molecule has 0 bridgehead atoms. The molecule has 3 heterocycles. The van der Waals surface area contributed by atoms with Crippen LogP contribution in [0.25, 0.3) is 0 Å². The van der Waals surface area contributed by atoms with Gasteiger partial charge in [0.2, 0.25) is 0 Å². The van der Waals surface area contributed by atoms with Crippen molar-refractivity contribution in [1.82, 2.24) is 30.2 Å². The second kappa shape index (κ2) is 7.74. The first-order chi connectivity index (χ1) is 13.1. The third-order valence-corrected chi connectivity index (χ3v) is 5.51. The van der Waals surface area contributed by atoms with Crippen molar-refractivity contribution in [3.8, 4) is 0 Å². The van der Waals surface area contributed by atoms with Gasteiger partial charge in [-0.15, -0.1) is 0 Å². The minimum Gasteiger partial charge on any atom is -0.370 e. The van der Waals surface area contributed by atoms with Crippen LogP contribution in [0, 0.1) is 6.92 Å². The molecular weight excluding hydrogens is 344 g/mol. The fourth-order valence-electron chi connectivity index (χ4n) is 4.13. The molecule has 1 aliphatic heterocycles. The average Bonchev–Trinajstić information content (AvgIpc) is 3.17. The lowest BCUT2D eigenvalue weighted by Crippen LogP contribution is -2.64. The maximum atomic E-state index is 12.7. The SMILES string of the molecule is Cc1cnc(C(=O)N[C@H]2CCCC[C@@]23CN(Cc2ncc[nH]2)CCO3)cn1. The maximum Gasteiger partial charge on any atom is 0.271 e. The number of nitrogens with zero attached hydrogens (tertiary/aromatic N) is 4. The number of imidazole rings is 1. The van der Waals surface area contributed by atoms with Gasteiger partial charge >= 0.3 is 0 Å². The number of aromatic amines is 1. The second-order valence-corrected chi connectivity index (χ2v) is 7.47. The molecule has 2 fully saturated rings. The number of morpholine rings is 1. The van der Waals surface area contributed by atoms with Crippen molar-refractivity contribution in [3.63, 3.8) is 0 Å². The Hall–Kier alpha value is -2.32. The lowest BCUT2D eigenvalue weighted by Gasteiger charge is -2.49. The van der Waals surface area contributed by atoms with E-state index in [-0.39, 0.29) is 17.6 Å². The van der Waals surface area contributed by atoms with E-state index < -0.39 is 0 Å². The Kier molecular flexibility index (Phi) is 5.18. The lowest BCUT2D eigenvalue weighted by atomic mass is 9.78. The highest BCUT2D eigenvalue weighted by atomic mass is 16.5. The van der Waals surface area contributed by atoms with Gasteiger partial charge < -0.3 is 15.0 Å². The largest absolute Gasteiger partial charge is 0.370 e. The van der Waals surface area contributed by atoms with E-state index in [4.69, 9.17) is 4.74 Å². The van der Waals surface area contributed by atoms with Crippen molar-refractivity contribution in [2.45, 2.75) is 50.8 Å². The normalized spacial score (nSPS) is 26.2. The van der Waals surface area contributed by atoms with Crippen molar-refractivity contribution >= 4 is 5.91 Å². The summed E-state index contributed by atoms with van der Waals surface area (Å²) in [4.78, 5) is 30.9. The van der Waals surface area contributed by atoms with Crippen LogP contribution in [0.3, 0.4) is 0 Å². The Morgan fingerprint density at radius 3 is 3.07 bits per heavy atom. The highest BCUT2D eigenvalue weighted by Gasteiger charge is 2.46. The molecule has 1 aliphatic carbocycles. The monoisotopic (exact) mass is 370 g/mol. The van der Waals surface area contributed by atoms with Gasteiger partial charge in [0.05, 0.1) is 31.1 Å². The summed E-state index contributed by atoms with van der Waals surface area (Å²) in [6.45, 7) is 4.94. The molecule has 8 nitrogen and oxygen atoms in total. The van der Waals surface area contributed by atoms with Crippen molar-refractivity contribution in [1.29, 1.82) is 0 Å². The van der Waals surface area contributed by atoms with Gasteiger partial charge in [-0.3, -0.25) is 14.7 Å². The van der Waals surface area contributed by atoms with Crippen LogP contribution >= 0.6 is 0 Å². The molecular formula is C19H26N6O2. The van der Waals surface area contributed by atoms with E-state index in [9.17, 15) is 4.79 Å². The van der Waals surface area contributed by atoms with E-state index >= 15 is 0 Å². The number of amides is 1. The predicted molar refractivity (Wildman–Crippen MR) is 99.0 cm³/mol. The number of aromatic nitrogens is 4. The fourth-order valence-corrected chi connectivity index (χ4v) is 4.13. The Balaban J connectivity index is 1.47. The number of hydrogen-bond donors (Lipinski definition) is 2. The first-order valence-electron chi connectivity index (χ1n) is 9.59. The van der Waals surface area contributed by atoms with Crippen LogP contribution in [0.15, 0.2) is 24.8 Å². The molecule has 1 saturated heterocycles. The lowest BCUT2D eigenvalue weighted by molar-refractivity contribution is -0.143. The summed E-state index contributed by atoms with van der Waals surface area (Å²) < 4.78 is 6.30. The van der Waals surface area contributed by atoms with E-state index in [2.05, 4.69) is 30.2 Å². The smallest absolute Gasteiger partial charge is 0.271 e. The van der Waals surface area contributed by atoms with E-state index in [0.29, 0.717) is 12.3 Å². The molecule has 1 saturated carbocycles. The number of hydrogen-bond acceptors (Lipinski definition) is 6. The summed E-state index contributed by atoms with van der Waals surface area (Å²) in [6.07, 6.45) is 10.8. The van der Waals surface area contributed by atoms with Crippen molar-refractivity contribution in [3.05, 3.63) is 42.0 Å². The van der Waals surface area contributed by atoms with Gasteiger partial charge in [-0.05, 0) is 19.8 Å². The van der Waals surface area contributed by atoms with Crippen LogP contribution in [0.2, 0.25) is 0 Å². The molecule has 1 spiro atoms. The summed E-state index contributed by atoms with van der Waals surface area (Å²) >= 11 is 0. The number of aryl methyl sites for hydroxylation is 1. The topological polar surface area (TPSA) is 96.0 Å². The molecule has 0 aromatic carbocycles. The summed E-state index contributed by atoms with van der Waals surface area (Å²) in [7, 11) is 0. The van der Waals surface area contributed by atoms with E-state index in [1.54, 1.807) is 12.4 Å². The molecule has 2 aliphatic rings. The van der Waals surface area contributed by atoms with E-state index in [0.717, 1.165) is 56.8 Å².